The second-order valence-corrected chi connectivity index (χ2v) is 6.13. The highest BCUT2D eigenvalue weighted by atomic mass is 16.5. The fourth-order valence-corrected chi connectivity index (χ4v) is 3.11. The number of fused-ring (bicyclic) bond motifs is 1. The summed E-state index contributed by atoms with van der Waals surface area (Å²) in [6.07, 6.45) is 3.27. The molecule has 1 aliphatic heterocycles. The molecule has 0 radical (unpaired) electrons. The van der Waals surface area contributed by atoms with E-state index in [0.717, 1.165) is 10.9 Å². The molecular weight excluding hydrogens is 346 g/mol. The van der Waals surface area contributed by atoms with Gasteiger partial charge >= 0.3 is 0 Å². The van der Waals surface area contributed by atoms with E-state index in [-0.39, 0.29) is 0 Å². The number of rotatable bonds is 3. The van der Waals surface area contributed by atoms with Crippen molar-refractivity contribution in [3.8, 4) is 0 Å². The Morgan fingerprint density at radius 2 is 1.74 bits per heavy atom. The summed E-state index contributed by atoms with van der Waals surface area (Å²) in [5.41, 5.74) is 6.68. The van der Waals surface area contributed by atoms with Crippen molar-refractivity contribution < 1.29 is 14.3 Å². The van der Waals surface area contributed by atoms with Crippen molar-refractivity contribution in [3.05, 3.63) is 59.9 Å². The van der Waals surface area contributed by atoms with Gasteiger partial charge < -0.3 is 14.6 Å². The van der Waals surface area contributed by atoms with Gasteiger partial charge in [-0.25, -0.2) is 4.98 Å². The lowest BCUT2D eigenvalue weighted by Gasteiger charge is -2.29. The molecule has 0 atom stereocenters. The SMILES string of the molecule is O=C(NNC(=O)c1c[nH]c2ccccc12)c1cccnc1N1CCOCC1. The summed E-state index contributed by atoms with van der Waals surface area (Å²) in [4.78, 5) is 34.4. The number of benzene rings is 1. The first-order valence-corrected chi connectivity index (χ1v) is 8.68. The molecule has 0 spiro atoms. The van der Waals surface area contributed by atoms with Gasteiger partial charge in [-0.05, 0) is 18.2 Å². The van der Waals surface area contributed by atoms with Crippen molar-refractivity contribution in [2.45, 2.75) is 0 Å². The van der Waals surface area contributed by atoms with Crippen LogP contribution in [0.15, 0.2) is 48.8 Å². The number of carbonyl (C=O) groups is 2. The number of para-hydroxylation sites is 1. The first-order valence-electron chi connectivity index (χ1n) is 8.68. The van der Waals surface area contributed by atoms with E-state index in [2.05, 4.69) is 20.8 Å². The number of hydrogen-bond acceptors (Lipinski definition) is 5. The van der Waals surface area contributed by atoms with E-state index in [9.17, 15) is 9.59 Å². The fourth-order valence-electron chi connectivity index (χ4n) is 3.11. The van der Waals surface area contributed by atoms with Gasteiger partial charge in [-0.15, -0.1) is 0 Å². The van der Waals surface area contributed by atoms with Gasteiger partial charge in [0.05, 0.1) is 24.3 Å². The molecule has 0 aliphatic carbocycles. The molecule has 1 aromatic carbocycles. The molecule has 3 N–H and O–H groups in total. The summed E-state index contributed by atoms with van der Waals surface area (Å²) in [7, 11) is 0. The monoisotopic (exact) mass is 365 g/mol. The van der Waals surface area contributed by atoms with E-state index in [1.54, 1.807) is 24.5 Å². The minimum Gasteiger partial charge on any atom is -0.378 e. The minimum atomic E-state index is -0.419. The van der Waals surface area contributed by atoms with Crippen LogP contribution in [0.3, 0.4) is 0 Å². The van der Waals surface area contributed by atoms with Crippen LogP contribution in [0.5, 0.6) is 0 Å². The molecule has 0 bridgehead atoms. The smallest absolute Gasteiger partial charge is 0.273 e. The molecule has 8 heteroatoms. The van der Waals surface area contributed by atoms with E-state index in [0.29, 0.717) is 43.2 Å². The van der Waals surface area contributed by atoms with Crippen LogP contribution in [0.25, 0.3) is 10.9 Å². The largest absolute Gasteiger partial charge is 0.378 e. The minimum absolute atomic E-state index is 0.391. The molecule has 2 amide bonds. The summed E-state index contributed by atoms with van der Waals surface area (Å²) < 4.78 is 5.35. The van der Waals surface area contributed by atoms with Crippen LogP contribution in [-0.4, -0.2) is 48.1 Å². The van der Waals surface area contributed by atoms with Gasteiger partial charge in [0.15, 0.2) is 0 Å². The number of carbonyl (C=O) groups excluding carboxylic acids is 2. The number of anilines is 1. The van der Waals surface area contributed by atoms with Gasteiger partial charge in [-0.1, -0.05) is 18.2 Å². The van der Waals surface area contributed by atoms with Crippen molar-refractivity contribution in [2.75, 3.05) is 31.2 Å². The highest BCUT2D eigenvalue weighted by Crippen LogP contribution is 2.19. The Balaban J connectivity index is 1.47. The van der Waals surface area contributed by atoms with Crippen molar-refractivity contribution in [3.63, 3.8) is 0 Å². The number of pyridine rings is 1. The normalized spacial score (nSPS) is 14.1. The standard InChI is InChI=1S/C19H19N5O3/c25-18(14-5-3-7-20-17(14)24-8-10-27-11-9-24)22-23-19(26)15-12-21-16-6-2-1-4-13(15)16/h1-7,12,21H,8-11H2,(H,22,25)(H,23,26). The lowest BCUT2D eigenvalue weighted by Crippen LogP contribution is -2.43. The summed E-state index contributed by atoms with van der Waals surface area (Å²) >= 11 is 0. The van der Waals surface area contributed by atoms with E-state index < -0.39 is 11.8 Å². The van der Waals surface area contributed by atoms with Crippen molar-refractivity contribution in [1.29, 1.82) is 0 Å². The van der Waals surface area contributed by atoms with Gasteiger partial charge in [0.2, 0.25) is 0 Å². The van der Waals surface area contributed by atoms with Crippen molar-refractivity contribution in [1.82, 2.24) is 20.8 Å². The van der Waals surface area contributed by atoms with Crippen LogP contribution < -0.4 is 15.8 Å². The van der Waals surface area contributed by atoms with Gasteiger partial charge in [0.25, 0.3) is 11.8 Å². The first-order chi connectivity index (χ1) is 13.2. The number of hydrazine groups is 1. The zero-order valence-electron chi connectivity index (χ0n) is 14.6. The summed E-state index contributed by atoms with van der Waals surface area (Å²) in [6.45, 7) is 2.52. The number of aromatic amines is 1. The quantitative estimate of drug-likeness (QED) is 0.611. The fraction of sp³-hybridized carbons (Fsp3) is 0.211. The number of aromatic nitrogens is 2. The third-order valence-electron chi connectivity index (χ3n) is 4.47. The van der Waals surface area contributed by atoms with Crippen LogP contribution in [0.2, 0.25) is 0 Å². The summed E-state index contributed by atoms with van der Waals surface area (Å²) in [6, 6.07) is 10.9. The zero-order chi connectivity index (χ0) is 18.6. The molecule has 2 aromatic heterocycles. The van der Waals surface area contributed by atoms with Crippen LogP contribution in [0.4, 0.5) is 5.82 Å². The first kappa shape index (κ1) is 17.0. The molecule has 1 fully saturated rings. The third-order valence-corrected chi connectivity index (χ3v) is 4.47. The van der Waals surface area contributed by atoms with Gasteiger partial charge in [-0.3, -0.25) is 20.4 Å². The van der Waals surface area contributed by atoms with Crippen molar-refractivity contribution in [2.24, 2.45) is 0 Å². The second-order valence-electron chi connectivity index (χ2n) is 6.13. The molecule has 4 rings (SSSR count). The Hall–Kier alpha value is -3.39. The molecule has 0 unspecified atom stereocenters. The number of hydrogen-bond donors (Lipinski definition) is 3. The number of H-pyrrole nitrogens is 1. The molecule has 8 nitrogen and oxygen atoms in total. The van der Waals surface area contributed by atoms with Crippen LogP contribution >= 0.6 is 0 Å². The van der Waals surface area contributed by atoms with E-state index in [1.165, 1.54) is 0 Å². The zero-order valence-corrected chi connectivity index (χ0v) is 14.6. The third kappa shape index (κ3) is 3.47. The van der Waals surface area contributed by atoms with E-state index in [1.807, 2.05) is 29.2 Å². The maximum Gasteiger partial charge on any atom is 0.273 e. The average Bonchev–Trinajstić information content (AvgIpc) is 3.17. The number of nitrogens with zero attached hydrogens (tertiary/aromatic N) is 2. The molecule has 138 valence electrons. The van der Waals surface area contributed by atoms with Gasteiger partial charge in [0, 0.05) is 36.4 Å². The predicted octanol–water partition coefficient (Wildman–Crippen LogP) is 1.47. The molecule has 0 saturated carbocycles. The summed E-state index contributed by atoms with van der Waals surface area (Å²) in [5.74, 6) is -0.227. The number of morpholine rings is 1. The van der Waals surface area contributed by atoms with E-state index >= 15 is 0 Å². The maximum atomic E-state index is 12.6. The van der Waals surface area contributed by atoms with Crippen LogP contribution in [-0.2, 0) is 4.74 Å². The Morgan fingerprint density at radius 3 is 2.56 bits per heavy atom. The Kier molecular flexibility index (Phi) is 4.71. The predicted molar refractivity (Wildman–Crippen MR) is 101 cm³/mol. The molecule has 1 aliphatic rings. The molecule has 27 heavy (non-hydrogen) atoms. The Labute approximate surface area is 155 Å². The topological polar surface area (TPSA) is 99.4 Å². The molecule has 3 heterocycles. The number of ether oxygens (including phenoxy) is 1. The second kappa shape index (κ2) is 7.46. The highest BCUT2D eigenvalue weighted by molar-refractivity contribution is 6.08. The number of amides is 2. The maximum absolute atomic E-state index is 12.6. The van der Waals surface area contributed by atoms with Crippen LogP contribution in [0.1, 0.15) is 20.7 Å². The van der Waals surface area contributed by atoms with Crippen LogP contribution in [0, 0.1) is 0 Å². The van der Waals surface area contributed by atoms with Gasteiger partial charge in [-0.2, -0.15) is 0 Å². The average molecular weight is 365 g/mol. The van der Waals surface area contributed by atoms with E-state index in [4.69, 9.17) is 4.74 Å². The van der Waals surface area contributed by atoms with Gasteiger partial charge in [0.1, 0.15) is 5.82 Å². The van der Waals surface area contributed by atoms with Crippen molar-refractivity contribution >= 4 is 28.5 Å². The summed E-state index contributed by atoms with van der Waals surface area (Å²) in [5, 5.41) is 0.791. The highest BCUT2D eigenvalue weighted by Gasteiger charge is 2.20. The molecule has 1 saturated heterocycles. The lowest BCUT2D eigenvalue weighted by molar-refractivity contribution is 0.0847. The Morgan fingerprint density at radius 1 is 1.00 bits per heavy atom. The molecule has 3 aromatic rings. The Bertz CT molecular complexity index is 978. The number of nitrogens with one attached hydrogen (secondary N) is 3. The molecular formula is C19H19N5O3. The lowest BCUT2D eigenvalue weighted by atomic mass is 10.2.